The predicted molar refractivity (Wildman–Crippen MR) is 82.6 cm³/mol. The van der Waals surface area contributed by atoms with Crippen LogP contribution in [0.25, 0.3) is 11.0 Å². The van der Waals surface area contributed by atoms with Gasteiger partial charge in [-0.05, 0) is 39.2 Å². The number of nitrogens with one attached hydrogen (secondary N) is 2. The first-order chi connectivity index (χ1) is 10.2. The van der Waals surface area contributed by atoms with E-state index in [1.54, 1.807) is 18.5 Å². The third kappa shape index (κ3) is 2.01. The Morgan fingerprint density at radius 1 is 1.29 bits per heavy atom. The van der Waals surface area contributed by atoms with Gasteiger partial charge in [0.2, 0.25) is 0 Å². The minimum Gasteiger partial charge on any atom is -0.345 e. The van der Waals surface area contributed by atoms with Crippen molar-refractivity contribution in [1.82, 2.24) is 15.0 Å². The number of halogens is 2. The van der Waals surface area contributed by atoms with E-state index in [1.807, 2.05) is 0 Å². The van der Waals surface area contributed by atoms with Crippen molar-refractivity contribution in [2.24, 2.45) is 4.99 Å². The normalized spacial score (nSPS) is 12.9. The van der Waals surface area contributed by atoms with Gasteiger partial charge < -0.3 is 10.3 Å². The maximum Gasteiger partial charge on any atom is 0.147 e. The minimum absolute atomic E-state index is 0.322. The summed E-state index contributed by atoms with van der Waals surface area (Å²) in [7, 11) is 0. The number of H-pyrrole nitrogens is 1. The number of anilines is 2. The van der Waals surface area contributed by atoms with Crippen LogP contribution in [-0.2, 0) is 6.54 Å². The highest BCUT2D eigenvalue weighted by Crippen LogP contribution is 2.31. The smallest absolute Gasteiger partial charge is 0.147 e. The van der Waals surface area contributed by atoms with E-state index in [1.165, 1.54) is 12.4 Å². The summed E-state index contributed by atoms with van der Waals surface area (Å²) in [5, 5.41) is 3.82. The molecule has 1 aromatic carbocycles. The second-order valence-electron chi connectivity index (χ2n) is 4.71. The zero-order valence-electron chi connectivity index (χ0n) is 10.7. The summed E-state index contributed by atoms with van der Waals surface area (Å²) >= 11 is 3.43. The standard InChI is InChI=1S/C14H9BrFN5/c15-9-5-18-13-12(9)14(20-6-19-13)21-11-2-8-4-17-3-7(8)1-10(11)16/h1-2,4-6H,3H2,(H2,18,19,20,21). The van der Waals surface area contributed by atoms with E-state index in [2.05, 4.69) is 41.2 Å². The average molecular weight is 346 g/mol. The number of benzene rings is 1. The number of fused-ring (bicyclic) bond motifs is 2. The molecule has 5 nitrogen and oxygen atoms in total. The highest BCUT2D eigenvalue weighted by molar-refractivity contribution is 9.10. The molecule has 0 unspecified atom stereocenters. The van der Waals surface area contributed by atoms with Crippen molar-refractivity contribution in [2.75, 3.05) is 5.32 Å². The van der Waals surface area contributed by atoms with Gasteiger partial charge in [-0.3, -0.25) is 4.99 Å². The number of rotatable bonds is 2. The fourth-order valence-corrected chi connectivity index (χ4v) is 2.86. The number of nitrogens with zero attached hydrogens (tertiary/aromatic N) is 3. The second kappa shape index (κ2) is 4.63. The van der Waals surface area contributed by atoms with Gasteiger partial charge in [-0.25, -0.2) is 14.4 Å². The molecule has 2 N–H and O–H groups in total. The Labute approximate surface area is 127 Å². The Morgan fingerprint density at radius 3 is 3.10 bits per heavy atom. The molecule has 0 saturated heterocycles. The van der Waals surface area contributed by atoms with Crippen LogP contribution in [0.3, 0.4) is 0 Å². The van der Waals surface area contributed by atoms with Crippen molar-refractivity contribution in [1.29, 1.82) is 0 Å². The molecule has 2 aromatic heterocycles. The lowest BCUT2D eigenvalue weighted by molar-refractivity contribution is 0.630. The molecule has 4 rings (SSSR count). The highest BCUT2D eigenvalue weighted by atomic mass is 79.9. The number of hydrogen-bond donors (Lipinski definition) is 2. The van der Waals surface area contributed by atoms with Crippen molar-refractivity contribution in [3.05, 3.63) is 46.1 Å². The molecule has 0 amide bonds. The first kappa shape index (κ1) is 12.5. The molecular weight excluding hydrogens is 337 g/mol. The van der Waals surface area contributed by atoms with Gasteiger partial charge in [-0.15, -0.1) is 0 Å². The minimum atomic E-state index is -0.322. The third-order valence-corrected chi connectivity index (χ3v) is 4.02. The monoisotopic (exact) mass is 345 g/mol. The fourth-order valence-electron chi connectivity index (χ4n) is 2.37. The van der Waals surface area contributed by atoms with Gasteiger partial charge in [-0.2, -0.15) is 0 Å². The molecule has 21 heavy (non-hydrogen) atoms. The van der Waals surface area contributed by atoms with Gasteiger partial charge >= 0.3 is 0 Å². The van der Waals surface area contributed by atoms with Crippen molar-refractivity contribution < 1.29 is 4.39 Å². The van der Waals surface area contributed by atoms with Gasteiger partial charge in [0.1, 0.15) is 23.6 Å². The number of aliphatic imine (C=N–C) groups is 1. The largest absolute Gasteiger partial charge is 0.345 e. The van der Waals surface area contributed by atoms with Crippen LogP contribution in [0, 0.1) is 5.82 Å². The zero-order chi connectivity index (χ0) is 14.4. The molecule has 0 saturated carbocycles. The van der Waals surface area contributed by atoms with E-state index in [4.69, 9.17) is 0 Å². The van der Waals surface area contributed by atoms with E-state index in [0.29, 0.717) is 23.7 Å². The zero-order valence-corrected chi connectivity index (χ0v) is 12.3. The topological polar surface area (TPSA) is 66.0 Å². The lowest BCUT2D eigenvalue weighted by Gasteiger charge is -2.09. The molecule has 0 spiro atoms. The van der Waals surface area contributed by atoms with Crippen LogP contribution in [0.15, 0.2) is 34.1 Å². The van der Waals surface area contributed by atoms with Crippen molar-refractivity contribution in [3.8, 4) is 0 Å². The Morgan fingerprint density at radius 2 is 2.19 bits per heavy atom. The summed E-state index contributed by atoms with van der Waals surface area (Å²) in [6, 6.07) is 3.25. The van der Waals surface area contributed by atoms with Gasteiger partial charge in [0.05, 0.1) is 17.6 Å². The van der Waals surface area contributed by atoms with E-state index >= 15 is 0 Å². The van der Waals surface area contributed by atoms with Gasteiger partial charge in [0.25, 0.3) is 0 Å². The average Bonchev–Trinajstić information content (AvgIpc) is 3.07. The van der Waals surface area contributed by atoms with Crippen LogP contribution in [0.5, 0.6) is 0 Å². The summed E-state index contributed by atoms with van der Waals surface area (Å²) in [4.78, 5) is 15.5. The Balaban J connectivity index is 1.82. The first-order valence-corrected chi connectivity index (χ1v) is 7.08. The van der Waals surface area contributed by atoms with Crippen molar-refractivity contribution in [3.63, 3.8) is 0 Å². The van der Waals surface area contributed by atoms with Crippen molar-refractivity contribution in [2.45, 2.75) is 6.54 Å². The number of aromatic nitrogens is 3. The SMILES string of the molecule is Fc1cc2c(cc1Nc1ncnc3[nH]cc(Br)c13)C=NC2. The lowest BCUT2D eigenvalue weighted by Crippen LogP contribution is -2.00. The van der Waals surface area contributed by atoms with Crippen LogP contribution >= 0.6 is 15.9 Å². The second-order valence-corrected chi connectivity index (χ2v) is 5.56. The molecule has 7 heteroatoms. The Hall–Kier alpha value is -2.28. The Bertz CT molecular complexity index is 886. The molecule has 3 heterocycles. The molecule has 1 aliphatic heterocycles. The molecular formula is C14H9BrFN5. The van der Waals surface area contributed by atoms with E-state index < -0.39 is 0 Å². The molecule has 3 aromatic rings. The maximum absolute atomic E-state index is 14.2. The summed E-state index contributed by atoms with van der Waals surface area (Å²) < 4.78 is 15.0. The molecule has 0 atom stereocenters. The molecule has 0 aliphatic carbocycles. The third-order valence-electron chi connectivity index (χ3n) is 3.40. The van der Waals surface area contributed by atoms with Crippen molar-refractivity contribution >= 4 is 44.7 Å². The summed E-state index contributed by atoms with van der Waals surface area (Å²) in [6.45, 7) is 0.535. The van der Waals surface area contributed by atoms with E-state index in [0.717, 1.165) is 21.0 Å². The number of hydrogen-bond acceptors (Lipinski definition) is 4. The number of aromatic amines is 1. The van der Waals surface area contributed by atoms with E-state index in [9.17, 15) is 4.39 Å². The molecule has 0 radical (unpaired) electrons. The Kier molecular flexibility index (Phi) is 2.75. The molecule has 0 fully saturated rings. The first-order valence-electron chi connectivity index (χ1n) is 6.29. The van der Waals surface area contributed by atoms with E-state index in [-0.39, 0.29) is 5.82 Å². The predicted octanol–water partition coefficient (Wildman–Crippen LogP) is 3.54. The molecule has 104 valence electrons. The highest BCUT2D eigenvalue weighted by Gasteiger charge is 2.15. The van der Waals surface area contributed by atoms with Crippen LogP contribution in [0.1, 0.15) is 11.1 Å². The summed E-state index contributed by atoms with van der Waals surface area (Å²) in [5.74, 6) is 0.222. The van der Waals surface area contributed by atoms with Gasteiger partial charge in [0, 0.05) is 16.9 Å². The van der Waals surface area contributed by atoms with Gasteiger partial charge in [0.15, 0.2) is 0 Å². The quantitative estimate of drug-likeness (QED) is 0.746. The molecule has 0 bridgehead atoms. The van der Waals surface area contributed by atoms with Gasteiger partial charge in [-0.1, -0.05) is 0 Å². The summed E-state index contributed by atoms with van der Waals surface area (Å²) in [6.07, 6.45) is 4.96. The summed E-state index contributed by atoms with van der Waals surface area (Å²) in [5.41, 5.74) is 2.88. The lowest BCUT2D eigenvalue weighted by atomic mass is 10.1. The maximum atomic E-state index is 14.2. The fraction of sp³-hybridized carbons (Fsp3) is 0.0714. The van der Waals surface area contributed by atoms with Crippen LogP contribution < -0.4 is 5.32 Å². The van der Waals surface area contributed by atoms with Crippen LogP contribution in [0.4, 0.5) is 15.9 Å². The van der Waals surface area contributed by atoms with Crippen LogP contribution in [0.2, 0.25) is 0 Å². The van der Waals surface area contributed by atoms with Crippen LogP contribution in [-0.4, -0.2) is 21.2 Å². The molecule has 1 aliphatic rings.